The predicted molar refractivity (Wildman–Crippen MR) is 82.9 cm³/mol. The average molecular weight is 305 g/mol. The summed E-state index contributed by atoms with van der Waals surface area (Å²) in [5, 5.41) is 0.810. The minimum Gasteiger partial charge on any atom is -0.464 e. The molecule has 0 spiro atoms. The van der Waals surface area contributed by atoms with Crippen molar-refractivity contribution in [3.05, 3.63) is 48.3 Å². The van der Waals surface area contributed by atoms with Crippen LogP contribution in [0.4, 0.5) is 0 Å². The van der Waals surface area contributed by atoms with Gasteiger partial charge in [0.2, 0.25) is 0 Å². The molecule has 0 aliphatic heterocycles. The summed E-state index contributed by atoms with van der Waals surface area (Å²) in [7, 11) is 1.90. The number of carbonyl (C=O) groups is 1. The van der Waals surface area contributed by atoms with E-state index in [9.17, 15) is 4.79 Å². The smallest absolute Gasteiger partial charge is 0.331 e. The van der Waals surface area contributed by atoms with Gasteiger partial charge in [0, 0.05) is 25.2 Å². The normalized spacial score (nSPS) is 13.7. The number of aryl methyl sites for hydroxylation is 1. The molecule has 1 atom stereocenters. The second kappa shape index (κ2) is 6.78. The van der Waals surface area contributed by atoms with Crippen molar-refractivity contribution in [1.29, 1.82) is 0 Å². The van der Waals surface area contributed by atoms with Gasteiger partial charge in [0.25, 0.3) is 0 Å². The van der Waals surface area contributed by atoms with Crippen LogP contribution in [-0.4, -0.2) is 27.9 Å². The van der Waals surface area contributed by atoms with Crippen LogP contribution in [0.2, 0.25) is 0 Å². The molecule has 0 saturated heterocycles. The number of imidazole rings is 1. The van der Waals surface area contributed by atoms with Crippen molar-refractivity contribution in [2.24, 2.45) is 12.8 Å². The summed E-state index contributed by atoms with van der Waals surface area (Å²) in [6.07, 6.45) is 3.57. The molecule has 6 heteroatoms. The van der Waals surface area contributed by atoms with E-state index in [0.29, 0.717) is 12.4 Å². The molecule has 0 radical (unpaired) electrons. The lowest BCUT2D eigenvalue weighted by Crippen LogP contribution is -2.48. The Morgan fingerprint density at radius 2 is 2.14 bits per heavy atom. The lowest BCUT2D eigenvalue weighted by atomic mass is 9.93. The van der Waals surface area contributed by atoms with E-state index in [-0.39, 0.29) is 0 Å². The van der Waals surface area contributed by atoms with Gasteiger partial charge >= 0.3 is 5.97 Å². The monoisotopic (exact) mass is 305 g/mol. The quantitative estimate of drug-likeness (QED) is 0.652. The Balaban J connectivity index is 2.24. The highest BCUT2D eigenvalue weighted by Crippen LogP contribution is 2.28. The van der Waals surface area contributed by atoms with Gasteiger partial charge in [-0.2, -0.15) is 0 Å². The highest BCUT2D eigenvalue weighted by atomic mass is 32.2. The van der Waals surface area contributed by atoms with Gasteiger partial charge in [-0.25, -0.2) is 9.78 Å². The topological polar surface area (TPSA) is 70.1 Å². The van der Waals surface area contributed by atoms with Gasteiger partial charge < -0.3 is 15.0 Å². The molecule has 0 saturated carbocycles. The summed E-state index contributed by atoms with van der Waals surface area (Å²) in [6, 6.07) is 9.30. The Hall–Kier alpha value is -1.79. The zero-order valence-electron chi connectivity index (χ0n) is 12.2. The molecule has 112 valence electrons. The Morgan fingerprint density at radius 1 is 1.43 bits per heavy atom. The standard InChI is InChI=1S/C15H19N3O2S/c1-3-20-13(19)15(16,12-7-5-4-6-8-12)11-21-14-17-9-10-18(14)2/h4-10H,3,11,16H2,1-2H3. The van der Waals surface area contributed by atoms with Gasteiger partial charge in [0.15, 0.2) is 5.16 Å². The average Bonchev–Trinajstić information content (AvgIpc) is 2.91. The molecule has 0 amide bonds. The number of rotatable bonds is 6. The van der Waals surface area contributed by atoms with Crippen molar-refractivity contribution in [3.8, 4) is 0 Å². The molecule has 5 nitrogen and oxygen atoms in total. The summed E-state index contributed by atoms with van der Waals surface area (Å²) in [4.78, 5) is 16.6. The third-order valence-corrected chi connectivity index (χ3v) is 4.39. The Labute approximate surface area is 128 Å². The number of nitrogens with zero attached hydrogens (tertiary/aromatic N) is 2. The lowest BCUT2D eigenvalue weighted by Gasteiger charge is -2.27. The van der Waals surface area contributed by atoms with Crippen LogP contribution in [0.25, 0.3) is 0 Å². The van der Waals surface area contributed by atoms with Crippen LogP contribution in [0.1, 0.15) is 12.5 Å². The Kier molecular flexibility index (Phi) is 5.03. The zero-order chi connectivity index (χ0) is 15.3. The fourth-order valence-corrected chi connectivity index (χ4v) is 2.97. The van der Waals surface area contributed by atoms with Crippen LogP contribution in [0, 0.1) is 0 Å². The van der Waals surface area contributed by atoms with Crippen LogP contribution >= 0.6 is 11.8 Å². The third-order valence-electron chi connectivity index (χ3n) is 3.13. The molecular formula is C15H19N3O2S. The van der Waals surface area contributed by atoms with Gasteiger partial charge in [-0.1, -0.05) is 42.1 Å². The minimum atomic E-state index is -1.19. The maximum Gasteiger partial charge on any atom is 0.331 e. The number of carbonyl (C=O) groups excluding carboxylic acids is 1. The summed E-state index contributed by atoms with van der Waals surface area (Å²) in [5.74, 6) is -0.0568. The first-order chi connectivity index (χ1) is 10.1. The molecule has 0 fully saturated rings. The van der Waals surface area contributed by atoms with Gasteiger partial charge in [-0.05, 0) is 12.5 Å². The summed E-state index contributed by atoms with van der Waals surface area (Å²) in [5.41, 5.74) is 5.94. The van der Waals surface area contributed by atoms with E-state index in [1.165, 1.54) is 11.8 Å². The van der Waals surface area contributed by atoms with Gasteiger partial charge in [0.1, 0.15) is 5.54 Å². The van der Waals surface area contributed by atoms with Crippen LogP contribution < -0.4 is 5.73 Å². The molecule has 0 aliphatic carbocycles. The fraction of sp³-hybridized carbons (Fsp3) is 0.333. The predicted octanol–water partition coefficient (Wildman–Crippen LogP) is 1.93. The van der Waals surface area contributed by atoms with E-state index >= 15 is 0 Å². The molecule has 1 unspecified atom stereocenters. The van der Waals surface area contributed by atoms with Crippen molar-refractivity contribution in [1.82, 2.24) is 9.55 Å². The maximum atomic E-state index is 12.3. The molecule has 21 heavy (non-hydrogen) atoms. The lowest BCUT2D eigenvalue weighted by molar-refractivity contribution is -0.149. The van der Waals surface area contributed by atoms with Crippen molar-refractivity contribution >= 4 is 17.7 Å². The van der Waals surface area contributed by atoms with E-state index < -0.39 is 11.5 Å². The zero-order valence-corrected chi connectivity index (χ0v) is 13.0. The number of hydrogen-bond donors (Lipinski definition) is 1. The molecule has 1 heterocycles. The molecule has 1 aromatic heterocycles. The number of benzene rings is 1. The van der Waals surface area contributed by atoms with Crippen molar-refractivity contribution in [2.75, 3.05) is 12.4 Å². The first-order valence-corrected chi connectivity index (χ1v) is 7.68. The second-order valence-corrected chi connectivity index (χ2v) is 5.61. The third kappa shape index (κ3) is 3.46. The number of nitrogens with two attached hydrogens (primary N) is 1. The molecule has 0 bridgehead atoms. The van der Waals surface area contributed by atoms with E-state index in [2.05, 4.69) is 4.98 Å². The Bertz CT molecular complexity index is 600. The first-order valence-electron chi connectivity index (χ1n) is 6.69. The van der Waals surface area contributed by atoms with Gasteiger partial charge in [0.05, 0.1) is 6.61 Å². The molecule has 1 aromatic carbocycles. The van der Waals surface area contributed by atoms with E-state index in [1.807, 2.05) is 48.1 Å². The van der Waals surface area contributed by atoms with Crippen molar-refractivity contribution < 1.29 is 9.53 Å². The van der Waals surface area contributed by atoms with Gasteiger partial charge in [-0.15, -0.1) is 0 Å². The SMILES string of the molecule is CCOC(=O)C(N)(CSc1nccn1C)c1ccccc1. The number of thioether (sulfide) groups is 1. The Morgan fingerprint density at radius 3 is 2.71 bits per heavy atom. The number of ether oxygens (including phenoxy) is 1. The highest BCUT2D eigenvalue weighted by molar-refractivity contribution is 7.99. The summed E-state index contributed by atoms with van der Waals surface area (Å²) in [6.45, 7) is 2.08. The highest BCUT2D eigenvalue weighted by Gasteiger charge is 2.38. The molecule has 0 aliphatic rings. The summed E-state index contributed by atoms with van der Waals surface area (Å²) >= 11 is 1.44. The van der Waals surface area contributed by atoms with Crippen LogP contribution in [0.3, 0.4) is 0 Å². The van der Waals surface area contributed by atoms with Crippen molar-refractivity contribution in [3.63, 3.8) is 0 Å². The number of aromatic nitrogens is 2. The largest absolute Gasteiger partial charge is 0.464 e. The maximum absolute atomic E-state index is 12.3. The molecular weight excluding hydrogens is 286 g/mol. The molecule has 2 rings (SSSR count). The summed E-state index contributed by atoms with van der Waals surface area (Å²) < 4.78 is 7.05. The van der Waals surface area contributed by atoms with E-state index in [1.54, 1.807) is 13.1 Å². The van der Waals surface area contributed by atoms with Gasteiger partial charge in [-0.3, -0.25) is 0 Å². The van der Waals surface area contributed by atoms with Crippen LogP contribution in [0.15, 0.2) is 47.9 Å². The van der Waals surface area contributed by atoms with Crippen LogP contribution in [-0.2, 0) is 22.1 Å². The van der Waals surface area contributed by atoms with E-state index in [0.717, 1.165) is 10.7 Å². The number of hydrogen-bond acceptors (Lipinski definition) is 5. The fourth-order valence-electron chi connectivity index (χ4n) is 1.92. The number of esters is 1. The van der Waals surface area contributed by atoms with E-state index in [4.69, 9.17) is 10.5 Å². The molecule has 2 aromatic rings. The molecule has 2 N–H and O–H groups in total. The van der Waals surface area contributed by atoms with Crippen molar-refractivity contribution in [2.45, 2.75) is 17.6 Å². The second-order valence-electron chi connectivity index (χ2n) is 4.67. The minimum absolute atomic E-state index is 0.303. The van der Waals surface area contributed by atoms with Crippen LogP contribution in [0.5, 0.6) is 0 Å². The first kappa shape index (κ1) is 15.6.